The summed E-state index contributed by atoms with van der Waals surface area (Å²) >= 11 is 0. The van der Waals surface area contributed by atoms with Gasteiger partial charge >= 0.3 is 11.9 Å². The first-order valence-electron chi connectivity index (χ1n) is 5.61. The Kier molecular flexibility index (Phi) is 5.48. The van der Waals surface area contributed by atoms with E-state index in [4.69, 9.17) is 9.47 Å². The first-order chi connectivity index (χ1) is 7.20. The molecular formula is C12H22O4. The van der Waals surface area contributed by atoms with Crippen LogP contribution in [-0.2, 0) is 19.1 Å². The minimum Gasteiger partial charge on any atom is -0.459 e. The van der Waals surface area contributed by atoms with Crippen molar-refractivity contribution in [1.82, 2.24) is 0 Å². The lowest BCUT2D eigenvalue weighted by Gasteiger charge is -2.26. The number of hydrogen-bond acceptors (Lipinski definition) is 4. The zero-order valence-electron chi connectivity index (χ0n) is 11.0. The molecule has 0 aliphatic carbocycles. The first kappa shape index (κ1) is 14.9. The van der Waals surface area contributed by atoms with Crippen molar-refractivity contribution in [2.24, 2.45) is 5.92 Å². The molecule has 0 bridgehead atoms. The quantitative estimate of drug-likeness (QED) is 0.680. The normalized spacial score (nSPS) is 15.1. The molecule has 0 N–H and O–H groups in total. The summed E-state index contributed by atoms with van der Waals surface area (Å²) in [7, 11) is 0. The molecule has 2 atom stereocenters. The van der Waals surface area contributed by atoms with Gasteiger partial charge in [0.15, 0.2) is 0 Å². The highest BCUT2D eigenvalue weighted by atomic mass is 16.6. The number of hydrogen-bond donors (Lipinski definition) is 0. The molecule has 0 aliphatic rings. The van der Waals surface area contributed by atoms with E-state index in [1.165, 1.54) is 20.8 Å². The summed E-state index contributed by atoms with van der Waals surface area (Å²) in [5, 5.41) is 0. The Labute approximate surface area is 97.3 Å². The van der Waals surface area contributed by atoms with E-state index in [0.29, 0.717) is 0 Å². The summed E-state index contributed by atoms with van der Waals surface area (Å²) in [5.74, 6) is -0.703. The van der Waals surface area contributed by atoms with Gasteiger partial charge in [0.05, 0.1) is 0 Å². The SMILES string of the molecule is CCC(C)C(C)OC(=O)C(C)(C)OC(C)=O. The van der Waals surface area contributed by atoms with Gasteiger partial charge in [0.2, 0.25) is 5.60 Å². The van der Waals surface area contributed by atoms with E-state index in [1.807, 2.05) is 20.8 Å². The van der Waals surface area contributed by atoms with Gasteiger partial charge in [-0.15, -0.1) is 0 Å². The summed E-state index contributed by atoms with van der Waals surface area (Å²) in [5.41, 5.74) is -1.21. The minimum absolute atomic E-state index is 0.174. The van der Waals surface area contributed by atoms with Crippen LogP contribution in [0.5, 0.6) is 0 Å². The Morgan fingerprint density at radius 3 is 2.12 bits per heavy atom. The van der Waals surface area contributed by atoms with Crippen molar-refractivity contribution in [2.75, 3.05) is 0 Å². The van der Waals surface area contributed by atoms with Gasteiger partial charge in [-0.2, -0.15) is 0 Å². The van der Waals surface area contributed by atoms with Crippen LogP contribution in [0.4, 0.5) is 0 Å². The number of rotatable bonds is 5. The van der Waals surface area contributed by atoms with E-state index >= 15 is 0 Å². The van der Waals surface area contributed by atoms with Crippen molar-refractivity contribution in [3.8, 4) is 0 Å². The molecule has 4 heteroatoms. The van der Waals surface area contributed by atoms with Crippen molar-refractivity contribution in [2.45, 2.75) is 59.7 Å². The summed E-state index contributed by atoms with van der Waals surface area (Å²) in [6, 6.07) is 0. The van der Waals surface area contributed by atoms with E-state index in [0.717, 1.165) is 6.42 Å². The molecule has 0 saturated carbocycles. The average Bonchev–Trinajstić information content (AvgIpc) is 2.14. The third kappa shape index (κ3) is 4.64. The maximum Gasteiger partial charge on any atom is 0.350 e. The monoisotopic (exact) mass is 230 g/mol. The van der Waals surface area contributed by atoms with Crippen LogP contribution in [0.25, 0.3) is 0 Å². The number of carbonyl (C=O) groups excluding carboxylic acids is 2. The molecule has 0 rings (SSSR count). The van der Waals surface area contributed by atoms with Crippen molar-refractivity contribution >= 4 is 11.9 Å². The van der Waals surface area contributed by atoms with Crippen molar-refractivity contribution in [1.29, 1.82) is 0 Å². The molecule has 0 radical (unpaired) electrons. The molecule has 0 aromatic heterocycles. The van der Waals surface area contributed by atoms with Crippen LogP contribution in [0.2, 0.25) is 0 Å². The molecule has 2 unspecified atom stereocenters. The standard InChI is InChI=1S/C12H22O4/c1-7-8(2)9(3)15-11(14)12(5,6)16-10(4)13/h8-9H,7H2,1-6H3. The maximum atomic E-state index is 11.7. The molecule has 0 aromatic carbocycles. The highest BCUT2D eigenvalue weighted by Crippen LogP contribution is 2.17. The van der Waals surface area contributed by atoms with E-state index < -0.39 is 17.5 Å². The molecule has 0 heterocycles. The van der Waals surface area contributed by atoms with Crippen LogP contribution in [0.15, 0.2) is 0 Å². The molecule has 4 nitrogen and oxygen atoms in total. The minimum atomic E-state index is -1.21. The molecule has 94 valence electrons. The summed E-state index contributed by atoms with van der Waals surface area (Å²) in [4.78, 5) is 22.5. The van der Waals surface area contributed by atoms with Crippen LogP contribution >= 0.6 is 0 Å². The average molecular weight is 230 g/mol. The lowest BCUT2D eigenvalue weighted by atomic mass is 10.0. The third-order valence-electron chi connectivity index (χ3n) is 2.63. The highest BCUT2D eigenvalue weighted by Gasteiger charge is 2.34. The third-order valence-corrected chi connectivity index (χ3v) is 2.63. The lowest BCUT2D eigenvalue weighted by molar-refractivity contribution is -0.182. The molecule has 16 heavy (non-hydrogen) atoms. The smallest absolute Gasteiger partial charge is 0.350 e. The number of esters is 2. The molecule has 0 aliphatic heterocycles. The number of carbonyl (C=O) groups is 2. The summed E-state index contributed by atoms with van der Waals surface area (Å²) in [6.45, 7) is 10.2. The summed E-state index contributed by atoms with van der Waals surface area (Å²) in [6.07, 6.45) is 0.759. The van der Waals surface area contributed by atoms with Crippen LogP contribution in [0, 0.1) is 5.92 Å². The van der Waals surface area contributed by atoms with E-state index in [-0.39, 0.29) is 12.0 Å². The maximum absolute atomic E-state index is 11.7. The predicted octanol–water partition coefficient (Wildman–Crippen LogP) is 2.31. The second-order valence-electron chi connectivity index (χ2n) is 4.60. The van der Waals surface area contributed by atoms with E-state index in [2.05, 4.69) is 0 Å². The van der Waals surface area contributed by atoms with Gasteiger partial charge < -0.3 is 9.47 Å². The van der Waals surface area contributed by atoms with Gasteiger partial charge in [-0.05, 0) is 26.7 Å². The van der Waals surface area contributed by atoms with Crippen molar-refractivity contribution < 1.29 is 19.1 Å². The van der Waals surface area contributed by atoms with Crippen LogP contribution in [0.1, 0.15) is 48.0 Å². The van der Waals surface area contributed by atoms with Gasteiger partial charge in [0.25, 0.3) is 0 Å². The Hall–Kier alpha value is -1.06. The molecule has 0 fully saturated rings. The number of ether oxygens (including phenoxy) is 2. The zero-order chi connectivity index (χ0) is 12.9. The summed E-state index contributed by atoms with van der Waals surface area (Å²) < 4.78 is 10.2. The predicted molar refractivity (Wildman–Crippen MR) is 60.9 cm³/mol. The van der Waals surface area contributed by atoms with Crippen molar-refractivity contribution in [3.63, 3.8) is 0 Å². The fraction of sp³-hybridized carbons (Fsp3) is 0.833. The van der Waals surface area contributed by atoms with Gasteiger partial charge in [-0.3, -0.25) is 4.79 Å². The molecule has 0 amide bonds. The Bertz CT molecular complexity index is 258. The Morgan fingerprint density at radius 2 is 1.75 bits per heavy atom. The van der Waals surface area contributed by atoms with Gasteiger partial charge in [-0.25, -0.2) is 4.79 Å². The van der Waals surface area contributed by atoms with E-state index in [1.54, 1.807) is 0 Å². The Morgan fingerprint density at radius 1 is 1.25 bits per heavy atom. The van der Waals surface area contributed by atoms with Crippen LogP contribution in [-0.4, -0.2) is 23.6 Å². The fourth-order valence-corrected chi connectivity index (χ4v) is 1.16. The molecule has 0 spiro atoms. The van der Waals surface area contributed by atoms with Gasteiger partial charge in [-0.1, -0.05) is 20.3 Å². The second kappa shape index (κ2) is 5.87. The van der Waals surface area contributed by atoms with Crippen LogP contribution in [0.3, 0.4) is 0 Å². The fourth-order valence-electron chi connectivity index (χ4n) is 1.16. The second-order valence-corrected chi connectivity index (χ2v) is 4.60. The zero-order valence-corrected chi connectivity index (χ0v) is 11.0. The van der Waals surface area contributed by atoms with E-state index in [9.17, 15) is 9.59 Å². The molecule has 0 saturated heterocycles. The van der Waals surface area contributed by atoms with Crippen molar-refractivity contribution in [3.05, 3.63) is 0 Å². The van der Waals surface area contributed by atoms with Crippen LogP contribution < -0.4 is 0 Å². The Balaban J connectivity index is 4.39. The topological polar surface area (TPSA) is 52.6 Å². The molecule has 0 aromatic rings. The lowest BCUT2D eigenvalue weighted by Crippen LogP contribution is -2.40. The molecular weight excluding hydrogens is 208 g/mol. The first-order valence-corrected chi connectivity index (χ1v) is 5.61. The van der Waals surface area contributed by atoms with Gasteiger partial charge in [0.1, 0.15) is 6.10 Å². The highest BCUT2D eigenvalue weighted by molar-refractivity contribution is 5.82. The van der Waals surface area contributed by atoms with Gasteiger partial charge in [0, 0.05) is 6.92 Å². The largest absolute Gasteiger partial charge is 0.459 e.